The number of fused-ring (bicyclic) bond motifs is 1. The SMILES string of the molecule is CNC(=O)c1nn(CN2CCN(c3ccc([N+](=O)[O-])cc3)CC2)c(=O)c2ccccc12. The normalized spacial score (nSPS) is 14.5. The van der Waals surface area contributed by atoms with Crippen molar-refractivity contribution < 1.29 is 9.72 Å². The second-order valence-electron chi connectivity index (χ2n) is 7.30. The summed E-state index contributed by atoms with van der Waals surface area (Å²) in [6.07, 6.45) is 0. The molecule has 160 valence electrons. The zero-order valence-corrected chi connectivity index (χ0v) is 17.0. The zero-order chi connectivity index (χ0) is 22.0. The van der Waals surface area contributed by atoms with Gasteiger partial charge in [0.05, 0.1) is 17.0 Å². The van der Waals surface area contributed by atoms with E-state index in [0.29, 0.717) is 37.0 Å². The Morgan fingerprint density at radius 3 is 2.32 bits per heavy atom. The van der Waals surface area contributed by atoms with Gasteiger partial charge in [0.15, 0.2) is 5.69 Å². The van der Waals surface area contributed by atoms with Crippen molar-refractivity contribution in [1.82, 2.24) is 20.0 Å². The Morgan fingerprint density at radius 1 is 1.06 bits per heavy atom. The number of anilines is 1. The second-order valence-corrected chi connectivity index (χ2v) is 7.30. The number of aromatic nitrogens is 2. The molecule has 1 aliphatic rings. The predicted octanol–water partition coefficient (Wildman–Crippen LogP) is 1.44. The van der Waals surface area contributed by atoms with Crippen LogP contribution in [0.25, 0.3) is 10.8 Å². The highest BCUT2D eigenvalue weighted by Gasteiger charge is 2.21. The molecule has 0 saturated carbocycles. The minimum atomic E-state index is -0.414. The molecular formula is C21H22N6O4. The lowest BCUT2D eigenvalue weighted by molar-refractivity contribution is -0.384. The van der Waals surface area contributed by atoms with Crippen molar-refractivity contribution in [3.8, 4) is 0 Å². The fourth-order valence-electron chi connectivity index (χ4n) is 3.74. The van der Waals surface area contributed by atoms with Crippen molar-refractivity contribution in [3.63, 3.8) is 0 Å². The average molecular weight is 422 g/mol. The number of nitrogens with zero attached hydrogens (tertiary/aromatic N) is 5. The van der Waals surface area contributed by atoms with Crippen LogP contribution in [0, 0.1) is 10.1 Å². The predicted molar refractivity (Wildman–Crippen MR) is 116 cm³/mol. The van der Waals surface area contributed by atoms with Crippen LogP contribution in [0.15, 0.2) is 53.3 Å². The van der Waals surface area contributed by atoms with Crippen LogP contribution in [0.2, 0.25) is 0 Å². The molecule has 0 unspecified atom stereocenters. The Morgan fingerprint density at radius 2 is 1.71 bits per heavy atom. The number of benzene rings is 2. The summed E-state index contributed by atoms with van der Waals surface area (Å²) in [4.78, 5) is 39.9. The molecule has 0 spiro atoms. The average Bonchev–Trinajstić information content (AvgIpc) is 2.81. The van der Waals surface area contributed by atoms with E-state index in [2.05, 4.69) is 20.2 Å². The molecule has 1 aliphatic heterocycles. The largest absolute Gasteiger partial charge is 0.369 e. The van der Waals surface area contributed by atoms with E-state index in [1.807, 2.05) is 0 Å². The zero-order valence-electron chi connectivity index (χ0n) is 17.0. The summed E-state index contributed by atoms with van der Waals surface area (Å²) in [6, 6.07) is 13.5. The lowest BCUT2D eigenvalue weighted by Crippen LogP contribution is -2.48. The molecule has 2 heterocycles. The lowest BCUT2D eigenvalue weighted by Gasteiger charge is -2.36. The summed E-state index contributed by atoms with van der Waals surface area (Å²) in [7, 11) is 1.53. The van der Waals surface area contributed by atoms with Crippen molar-refractivity contribution in [2.75, 3.05) is 38.1 Å². The molecule has 10 heteroatoms. The second kappa shape index (κ2) is 8.52. The number of non-ortho nitro benzene ring substituents is 1. The van der Waals surface area contributed by atoms with Gasteiger partial charge in [-0.1, -0.05) is 18.2 Å². The number of hydrogen-bond donors (Lipinski definition) is 1. The monoisotopic (exact) mass is 422 g/mol. The van der Waals surface area contributed by atoms with Crippen LogP contribution >= 0.6 is 0 Å². The van der Waals surface area contributed by atoms with Gasteiger partial charge in [0, 0.05) is 56.4 Å². The number of piperazine rings is 1. The third-order valence-electron chi connectivity index (χ3n) is 5.44. The molecule has 1 N–H and O–H groups in total. The van der Waals surface area contributed by atoms with Crippen molar-refractivity contribution in [1.29, 1.82) is 0 Å². The molecule has 0 bridgehead atoms. The van der Waals surface area contributed by atoms with E-state index in [1.165, 1.54) is 23.9 Å². The maximum atomic E-state index is 12.9. The molecule has 1 aromatic heterocycles. The number of nitro groups is 1. The number of hydrogen-bond acceptors (Lipinski definition) is 7. The van der Waals surface area contributed by atoms with Gasteiger partial charge in [0.2, 0.25) is 0 Å². The third kappa shape index (κ3) is 4.10. The topological polar surface area (TPSA) is 114 Å². The molecule has 0 aliphatic carbocycles. The van der Waals surface area contributed by atoms with Gasteiger partial charge in [-0.15, -0.1) is 0 Å². The highest BCUT2D eigenvalue weighted by atomic mass is 16.6. The maximum absolute atomic E-state index is 12.9. The Bertz CT molecular complexity index is 1180. The Kier molecular flexibility index (Phi) is 5.63. The van der Waals surface area contributed by atoms with Gasteiger partial charge >= 0.3 is 0 Å². The van der Waals surface area contributed by atoms with E-state index in [0.717, 1.165) is 5.69 Å². The van der Waals surface area contributed by atoms with Gasteiger partial charge in [0.1, 0.15) is 0 Å². The molecule has 0 radical (unpaired) electrons. The minimum Gasteiger partial charge on any atom is -0.369 e. The van der Waals surface area contributed by atoms with Crippen LogP contribution in [0.4, 0.5) is 11.4 Å². The first-order chi connectivity index (χ1) is 15.0. The molecule has 31 heavy (non-hydrogen) atoms. The van der Waals surface area contributed by atoms with Crippen molar-refractivity contribution in [2.24, 2.45) is 0 Å². The summed E-state index contributed by atoms with van der Waals surface area (Å²) in [5.74, 6) is -0.340. The maximum Gasteiger partial charge on any atom is 0.275 e. The molecular weight excluding hydrogens is 400 g/mol. The molecule has 3 aromatic rings. The first-order valence-corrected chi connectivity index (χ1v) is 9.91. The fraction of sp³-hybridized carbons (Fsp3) is 0.286. The standard InChI is InChI=1S/C21H22N6O4/c1-22-20(28)19-17-4-2-3-5-18(17)21(29)26(23-19)14-24-10-12-25(13-11-24)15-6-8-16(9-7-15)27(30)31/h2-9H,10-14H2,1H3,(H,22,28). The van der Waals surface area contributed by atoms with Gasteiger partial charge in [-0.05, 0) is 18.2 Å². The number of carbonyl (C=O) groups excluding carboxylic acids is 1. The highest BCUT2D eigenvalue weighted by molar-refractivity contribution is 6.04. The summed E-state index contributed by atoms with van der Waals surface area (Å²) in [6.45, 7) is 3.08. The van der Waals surface area contributed by atoms with E-state index < -0.39 is 4.92 Å². The number of carbonyl (C=O) groups is 1. The van der Waals surface area contributed by atoms with Crippen LogP contribution in [-0.2, 0) is 6.67 Å². The molecule has 2 aromatic carbocycles. The van der Waals surface area contributed by atoms with E-state index in [1.54, 1.807) is 36.4 Å². The lowest BCUT2D eigenvalue weighted by atomic mass is 10.1. The first kappa shape index (κ1) is 20.5. The van der Waals surface area contributed by atoms with Gasteiger partial charge in [-0.2, -0.15) is 5.10 Å². The van der Waals surface area contributed by atoms with Gasteiger partial charge < -0.3 is 10.2 Å². The molecule has 10 nitrogen and oxygen atoms in total. The molecule has 1 amide bonds. The van der Waals surface area contributed by atoms with Crippen LogP contribution in [0.3, 0.4) is 0 Å². The summed E-state index contributed by atoms with van der Waals surface area (Å²) >= 11 is 0. The molecule has 0 atom stereocenters. The van der Waals surface area contributed by atoms with E-state index in [4.69, 9.17) is 0 Å². The van der Waals surface area contributed by atoms with E-state index in [9.17, 15) is 19.7 Å². The van der Waals surface area contributed by atoms with E-state index >= 15 is 0 Å². The third-order valence-corrected chi connectivity index (χ3v) is 5.44. The van der Waals surface area contributed by atoms with Crippen LogP contribution in [0.1, 0.15) is 10.5 Å². The first-order valence-electron chi connectivity index (χ1n) is 9.91. The number of rotatable bonds is 5. The van der Waals surface area contributed by atoms with Gasteiger partial charge in [-0.25, -0.2) is 4.68 Å². The van der Waals surface area contributed by atoms with Crippen LogP contribution in [0.5, 0.6) is 0 Å². The minimum absolute atomic E-state index is 0.0658. The van der Waals surface area contributed by atoms with Crippen molar-refractivity contribution in [2.45, 2.75) is 6.67 Å². The van der Waals surface area contributed by atoms with Crippen LogP contribution < -0.4 is 15.8 Å². The summed E-state index contributed by atoms with van der Waals surface area (Å²) < 4.78 is 1.34. The van der Waals surface area contributed by atoms with Crippen molar-refractivity contribution in [3.05, 3.63) is 74.7 Å². The number of nitro benzene ring substituents is 1. The number of amides is 1. The Balaban J connectivity index is 1.50. The van der Waals surface area contributed by atoms with Crippen molar-refractivity contribution >= 4 is 28.1 Å². The highest BCUT2D eigenvalue weighted by Crippen LogP contribution is 2.21. The quantitative estimate of drug-likeness (QED) is 0.489. The molecule has 1 saturated heterocycles. The Labute approximate surface area is 177 Å². The summed E-state index contributed by atoms with van der Waals surface area (Å²) in [5, 5.41) is 18.7. The summed E-state index contributed by atoms with van der Waals surface area (Å²) in [5.41, 5.74) is 0.979. The van der Waals surface area contributed by atoms with Gasteiger partial charge in [0.25, 0.3) is 17.2 Å². The fourth-order valence-corrected chi connectivity index (χ4v) is 3.74. The van der Waals surface area contributed by atoms with Gasteiger partial charge in [-0.3, -0.25) is 24.6 Å². The van der Waals surface area contributed by atoms with E-state index in [-0.39, 0.29) is 29.5 Å². The smallest absolute Gasteiger partial charge is 0.275 e. The Hall–Kier alpha value is -3.79. The van der Waals surface area contributed by atoms with Crippen LogP contribution in [-0.4, -0.2) is 58.7 Å². The molecule has 1 fully saturated rings. The molecule has 4 rings (SSSR count). The number of nitrogens with one attached hydrogen (secondary N) is 1.